The van der Waals surface area contributed by atoms with Gasteiger partial charge in [-0.1, -0.05) is 29.3 Å². The number of hydrogen-bond donors (Lipinski definition) is 0. The highest BCUT2D eigenvalue weighted by molar-refractivity contribution is 7.85. The zero-order valence-corrected chi connectivity index (χ0v) is 16.3. The van der Waals surface area contributed by atoms with E-state index in [9.17, 15) is 17.8 Å². The molecule has 0 fully saturated rings. The van der Waals surface area contributed by atoms with Gasteiger partial charge in [-0.25, -0.2) is 13.0 Å². The molecule has 2 aromatic carbocycles. The van der Waals surface area contributed by atoms with Gasteiger partial charge in [0.15, 0.2) is 12.4 Å². The molecule has 0 atom stereocenters. The molecule has 6 nitrogen and oxygen atoms in total. The molecule has 0 saturated carbocycles. The predicted molar refractivity (Wildman–Crippen MR) is 99.0 cm³/mol. The zero-order chi connectivity index (χ0) is 19.7. The minimum absolute atomic E-state index is 0.0415. The average Bonchev–Trinajstić information content (AvgIpc) is 2.55. The molecule has 0 amide bonds. The van der Waals surface area contributed by atoms with Crippen LogP contribution in [0.1, 0.15) is 15.9 Å². The number of hydrogen-bond acceptors (Lipinski definition) is 5. The van der Waals surface area contributed by atoms with Gasteiger partial charge in [0.1, 0.15) is 24.2 Å². The molecule has 0 aliphatic carbocycles. The molecule has 26 heavy (non-hydrogen) atoms. The van der Waals surface area contributed by atoms with Gasteiger partial charge in [0.2, 0.25) is 0 Å². The van der Waals surface area contributed by atoms with Crippen molar-refractivity contribution in [2.75, 3.05) is 20.7 Å². The van der Waals surface area contributed by atoms with Gasteiger partial charge in [-0.05, 0) is 43.3 Å². The molecular weight excluding hydrogens is 378 g/mol. The van der Waals surface area contributed by atoms with E-state index in [0.717, 1.165) is 5.56 Å². The van der Waals surface area contributed by atoms with E-state index in [2.05, 4.69) is 0 Å². The van der Waals surface area contributed by atoms with Crippen molar-refractivity contribution in [1.82, 2.24) is 0 Å². The van der Waals surface area contributed by atoms with Crippen molar-refractivity contribution in [3.8, 4) is 0 Å². The van der Waals surface area contributed by atoms with E-state index in [4.69, 9.17) is 16.3 Å². The summed E-state index contributed by atoms with van der Waals surface area (Å²) in [5, 5.41) is 0.618. The largest absolute Gasteiger partial charge is 0.744 e. The third kappa shape index (κ3) is 8.24. The van der Waals surface area contributed by atoms with Crippen LogP contribution in [0, 0.1) is 6.92 Å². The Bertz CT molecular complexity index is 855. The van der Waals surface area contributed by atoms with Gasteiger partial charge in [0, 0.05) is 10.6 Å². The Morgan fingerprint density at radius 2 is 1.65 bits per heavy atom. The lowest BCUT2D eigenvalue weighted by Crippen LogP contribution is -2.11. The lowest BCUT2D eigenvalue weighted by Gasteiger charge is -2.05. The first-order valence-electron chi connectivity index (χ1n) is 7.52. The van der Waals surface area contributed by atoms with E-state index >= 15 is 0 Å². The summed E-state index contributed by atoms with van der Waals surface area (Å²) in [6.45, 7) is 1.86. The number of rotatable bonds is 5. The van der Waals surface area contributed by atoms with Crippen LogP contribution < -0.4 is 0 Å². The molecule has 2 rings (SSSR count). The fourth-order valence-corrected chi connectivity index (χ4v) is 2.28. The van der Waals surface area contributed by atoms with Gasteiger partial charge < -0.3 is 9.29 Å². The van der Waals surface area contributed by atoms with Crippen molar-refractivity contribution in [2.45, 2.75) is 11.8 Å². The molecule has 0 unspecified atom stereocenters. The van der Waals surface area contributed by atoms with Gasteiger partial charge in [0.25, 0.3) is 0 Å². The van der Waals surface area contributed by atoms with E-state index in [1.165, 1.54) is 18.5 Å². The van der Waals surface area contributed by atoms with Gasteiger partial charge in [-0.2, -0.15) is 0 Å². The molecule has 0 aliphatic heterocycles. The second-order valence-corrected chi connectivity index (χ2v) is 7.39. The maximum atomic E-state index is 11.5. The standard InChI is InChI=1S/C11H13ClNO2.C7H8O3S/c1-13(2)8-15-7-11(14)9-3-5-10(12)6-4-9;1-6-2-4-7(5-3-6)11(8,9)10/h3-6,8H,7H2,1-2H3;2-5H,1H3,(H,8,9,10)/q+1;/p-1. The molecule has 0 N–H and O–H groups in total. The quantitative estimate of drug-likeness (QED) is 0.254. The topological polar surface area (TPSA) is 86.5 Å². The first kappa shape index (κ1) is 21.8. The number of aryl methyl sites for hydroxylation is 1. The zero-order valence-electron chi connectivity index (χ0n) is 14.7. The van der Waals surface area contributed by atoms with Crippen LogP contribution in [0.2, 0.25) is 5.02 Å². The molecule has 0 heterocycles. The van der Waals surface area contributed by atoms with Gasteiger partial charge in [-0.15, -0.1) is 0 Å². The first-order valence-corrected chi connectivity index (χ1v) is 9.31. The van der Waals surface area contributed by atoms with E-state index in [0.29, 0.717) is 10.6 Å². The van der Waals surface area contributed by atoms with Gasteiger partial charge in [-0.3, -0.25) is 4.79 Å². The molecular formula is C18H20ClNO5S. The number of nitrogens with zero attached hydrogens (tertiary/aromatic N) is 1. The molecule has 8 heteroatoms. The number of benzene rings is 2. The number of Topliss-reactive ketones (excluding diaryl/α,β-unsaturated/α-hetero) is 1. The number of ether oxygens (including phenoxy) is 1. The Morgan fingerprint density at radius 1 is 1.12 bits per heavy atom. The summed E-state index contributed by atoms with van der Waals surface area (Å²) in [6.07, 6.45) is 1.49. The number of ketones is 1. The smallest absolute Gasteiger partial charge is 0.323 e. The van der Waals surface area contributed by atoms with Crippen LogP contribution in [0.25, 0.3) is 0 Å². The number of carbonyl (C=O) groups excluding carboxylic acids is 1. The summed E-state index contributed by atoms with van der Waals surface area (Å²) in [5.41, 5.74) is 1.53. The molecule has 0 radical (unpaired) electrons. The van der Waals surface area contributed by atoms with Crippen LogP contribution in [0.15, 0.2) is 53.4 Å². The summed E-state index contributed by atoms with van der Waals surface area (Å²) < 4.78 is 38.0. The van der Waals surface area contributed by atoms with Crippen molar-refractivity contribution in [1.29, 1.82) is 0 Å². The lowest BCUT2D eigenvalue weighted by molar-refractivity contribution is -0.468. The normalized spacial score (nSPS) is 10.3. The Balaban J connectivity index is 0.000000273. The molecule has 0 aliphatic rings. The Morgan fingerprint density at radius 3 is 2.12 bits per heavy atom. The molecule has 2 aromatic rings. The Kier molecular flexibility index (Phi) is 8.44. The predicted octanol–water partition coefficient (Wildman–Crippen LogP) is 2.74. The fourth-order valence-electron chi connectivity index (χ4n) is 1.69. The summed E-state index contributed by atoms with van der Waals surface area (Å²) >= 11 is 5.71. The molecule has 140 valence electrons. The molecule has 0 saturated heterocycles. The Hall–Kier alpha value is -2.22. The summed E-state index contributed by atoms with van der Waals surface area (Å²) in [4.78, 5) is 11.4. The summed E-state index contributed by atoms with van der Waals surface area (Å²) in [6, 6.07) is 12.5. The van der Waals surface area contributed by atoms with Crippen LogP contribution in [0.5, 0.6) is 0 Å². The van der Waals surface area contributed by atoms with Crippen LogP contribution in [0.4, 0.5) is 0 Å². The summed E-state index contributed by atoms with van der Waals surface area (Å²) in [5.74, 6) is -0.0650. The van der Waals surface area contributed by atoms with Crippen LogP contribution in [0.3, 0.4) is 0 Å². The minimum Gasteiger partial charge on any atom is -0.744 e. The van der Waals surface area contributed by atoms with Crippen molar-refractivity contribution in [3.63, 3.8) is 0 Å². The highest BCUT2D eigenvalue weighted by Crippen LogP contribution is 2.10. The molecule has 0 spiro atoms. The third-order valence-electron chi connectivity index (χ3n) is 2.98. The van der Waals surface area contributed by atoms with Crippen LogP contribution in [-0.4, -0.2) is 50.4 Å². The van der Waals surface area contributed by atoms with Crippen molar-refractivity contribution in [3.05, 3.63) is 64.7 Å². The highest BCUT2D eigenvalue weighted by atomic mass is 35.5. The van der Waals surface area contributed by atoms with Gasteiger partial charge in [0.05, 0.1) is 4.90 Å². The van der Waals surface area contributed by atoms with Crippen molar-refractivity contribution < 1.29 is 27.1 Å². The lowest BCUT2D eigenvalue weighted by atomic mass is 10.1. The molecule has 0 bridgehead atoms. The summed E-state index contributed by atoms with van der Waals surface area (Å²) in [7, 11) is -0.617. The Labute approximate surface area is 158 Å². The van der Waals surface area contributed by atoms with Gasteiger partial charge >= 0.3 is 6.40 Å². The molecule has 0 aromatic heterocycles. The monoisotopic (exact) mass is 397 g/mol. The highest BCUT2D eigenvalue weighted by Gasteiger charge is 2.05. The van der Waals surface area contributed by atoms with E-state index in [-0.39, 0.29) is 17.3 Å². The second-order valence-electron chi connectivity index (χ2n) is 5.58. The van der Waals surface area contributed by atoms with Crippen LogP contribution >= 0.6 is 11.6 Å². The van der Waals surface area contributed by atoms with E-state index in [1.807, 2.05) is 21.0 Å². The van der Waals surface area contributed by atoms with E-state index < -0.39 is 10.1 Å². The average molecular weight is 398 g/mol. The van der Waals surface area contributed by atoms with Crippen molar-refractivity contribution >= 4 is 33.9 Å². The number of halogens is 1. The number of carbonyl (C=O) groups is 1. The fraction of sp³-hybridized carbons (Fsp3) is 0.222. The minimum atomic E-state index is -4.27. The van der Waals surface area contributed by atoms with Crippen LogP contribution in [-0.2, 0) is 14.9 Å². The SMILES string of the molecule is C[N+](C)=COCC(=O)c1ccc(Cl)cc1.Cc1ccc(S(=O)(=O)[O-])cc1. The second kappa shape index (κ2) is 10.1. The third-order valence-corrected chi connectivity index (χ3v) is 4.08. The van der Waals surface area contributed by atoms with E-state index in [1.54, 1.807) is 41.0 Å². The maximum Gasteiger partial charge on any atom is 0.323 e. The first-order chi connectivity index (χ1) is 12.1. The van der Waals surface area contributed by atoms with Crippen molar-refractivity contribution in [2.24, 2.45) is 0 Å². The maximum absolute atomic E-state index is 11.5.